The molecule has 0 bridgehead atoms. The lowest BCUT2D eigenvalue weighted by atomic mass is 10.1. The minimum atomic E-state index is -0.535. The molecule has 6 nitrogen and oxygen atoms in total. The number of aryl methyl sites for hydroxylation is 1. The second-order valence-electron chi connectivity index (χ2n) is 9.64. The van der Waals surface area contributed by atoms with Crippen LogP contribution in [0.1, 0.15) is 31.6 Å². The maximum atomic E-state index is 13.5. The number of rotatable bonds is 10. The fourth-order valence-corrected chi connectivity index (χ4v) is 6.01. The summed E-state index contributed by atoms with van der Waals surface area (Å²) in [4.78, 5) is 41.5. The van der Waals surface area contributed by atoms with E-state index in [1.165, 1.54) is 23.1 Å². The Hall–Kier alpha value is -4.92. The third-order valence-corrected chi connectivity index (χ3v) is 8.40. The van der Waals surface area contributed by atoms with Gasteiger partial charge in [0.25, 0.3) is 11.8 Å². The summed E-state index contributed by atoms with van der Waals surface area (Å²) in [7, 11) is 0. The Morgan fingerprint density at radius 3 is 2.14 bits per heavy atom. The van der Waals surface area contributed by atoms with Crippen molar-refractivity contribution in [3.8, 4) is 0 Å². The van der Waals surface area contributed by atoms with Crippen LogP contribution < -0.4 is 16.0 Å². The van der Waals surface area contributed by atoms with Crippen LogP contribution in [0.4, 0.5) is 11.4 Å². The summed E-state index contributed by atoms with van der Waals surface area (Å²) in [5.41, 5.74) is 3.74. The van der Waals surface area contributed by atoms with Crippen molar-refractivity contribution in [2.45, 2.75) is 17.1 Å². The monoisotopic (exact) mass is 603 g/mol. The predicted octanol–water partition coefficient (Wildman–Crippen LogP) is 7.94. The van der Waals surface area contributed by atoms with Gasteiger partial charge in [-0.3, -0.25) is 14.4 Å². The molecule has 0 saturated heterocycles. The Morgan fingerprint density at radius 1 is 0.744 bits per heavy atom. The lowest BCUT2D eigenvalue weighted by molar-refractivity contribution is -0.116. The van der Waals surface area contributed by atoms with Gasteiger partial charge in [-0.05, 0) is 78.0 Å². The van der Waals surface area contributed by atoms with Gasteiger partial charge < -0.3 is 16.0 Å². The number of anilines is 2. The molecular formula is C35H29N3O3S2. The summed E-state index contributed by atoms with van der Waals surface area (Å²) in [5, 5.41) is 10.1. The van der Waals surface area contributed by atoms with E-state index in [-0.39, 0.29) is 17.5 Å². The van der Waals surface area contributed by atoms with Gasteiger partial charge in [0.05, 0.1) is 0 Å². The summed E-state index contributed by atoms with van der Waals surface area (Å²) >= 11 is 2.85. The Kier molecular flexibility index (Phi) is 9.84. The molecule has 4 aromatic carbocycles. The smallest absolute Gasteiger partial charge is 0.272 e. The number of carbonyl (C=O) groups is 3. The van der Waals surface area contributed by atoms with Crippen molar-refractivity contribution in [3.63, 3.8) is 0 Å². The van der Waals surface area contributed by atoms with Crippen molar-refractivity contribution < 1.29 is 14.4 Å². The van der Waals surface area contributed by atoms with Gasteiger partial charge in [-0.15, -0.1) is 23.1 Å². The molecule has 1 aromatic heterocycles. The highest BCUT2D eigenvalue weighted by Crippen LogP contribution is 2.37. The first kappa shape index (κ1) is 29.6. The minimum Gasteiger partial charge on any atom is -0.325 e. The fourth-order valence-electron chi connectivity index (χ4n) is 4.27. The van der Waals surface area contributed by atoms with Gasteiger partial charge in [-0.25, -0.2) is 0 Å². The van der Waals surface area contributed by atoms with Crippen LogP contribution >= 0.6 is 23.1 Å². The molecule has 0 aliphatic rings. The van der Waals surface area contributed by atoms with Gasteiger partial charge in [-0.2, -0.15) is 0 Å². The largest absolute Gasteiger partial charge is 0.325 e. The van der Waals surface area contributed by atoms with E-state index >= 15 is 0 Å². The minimum absolute atomic E-state index is 0.119. The topological polar surface area (TPSA) is 87.3 Å². The van der Waals surface area contributed by atoms with Crippen LogP contribution in [0.2, 0.25) is 0 Å². The Morgan fingerprint density at radius 2 is 1.44 bits per heavy atom. The van der Waals surface area contributed by atoms with E-state index in [1.54, 1.807) is 36.4 Å². The fraction of sp³-hybridized carbons (Fsp3) is 0.0571. The van der Waals surface area contributed by atoms with Crippen LogP contribution in [0.3, 0.4) is 0 Å². The van der Waals surface area contributed by atoms with E-state index < -0.39 is 11.2 Å². The highest BCUT2D eigenvalue weighted by Gasteiger charge is 2.23. The molecule has 43 heavy (non-hydrogen) atoms. The molecule has 1 atom stereocenters. The quantitative estimate of drug-likeness (QED) is 0.112. The van der Waals surface area contributed by atoms with E-state index in [2.05, 4.69) is 16.0 Å². The van der Waals surface area contributed by atoms with Crippen molar-refractivity contribution in [3.05, 3.63) is 154 Å². The molecule has 5 aromatic rings. The summed E-state index contributed by atoms with van der Waals surface area (Å²) in [6, 6.07) is 37.1. The summed E-state index contributed by atoms with van der Waals surface area (Å²) < 4.78 is 0. The first-order chi connectivity index (χ1) is 20.9. The number of carbonyl (C=O) groups excluding carboxylic acids is 3. The van der Waals surface area contributed by atoms with Crippen LogP contribution in [0.15, 0.2) is 137 Å². The van der Waals surface area contributed by atoms with Crippen LogP contribution in [-0.2, 0) is 9.59 Å². The van der Waals surface area contributed by atoms with Gasteiger partial charge in [-0.1, -0.05) is 72.8 Å². The Bertz CT molecular complexity index is 1740. The number of hydrogen-bond acceptors (Lipinski definition) is 5. The molecule has 5 rings (SSSR count). The van der Waals surface area contributed by atoms with Gasteiger partial charge in [0.2, 0.25) is 5.91 Å². The molecule has 0 aliphatic carbocycles. The molecule has 1 heterocycles. The van der Waals surface area contributed by atoms with E-state index in [1.807, 2.05) is 103 Å². The van der Waals surface area contributed by atoms with E-state index in [0.29, 0.717) is 11.3 Å². The zero-order chi connectivity index (χ0) is 30.0. The molecule has 0 aliphatic heterocycles. The number of nitrogens with one attached hydrogen (secondary N) is 3. The highest BCUT2D eigenvalue weighted by molar-refractivity contribution is 8.00. The summed E-state index contributed by atoms with van der Waals surface area (Å²) in [6.45, 7) is 1.98. The Labute approximate surface area is 258 Å². The first-order valence-electron chi connectivity index (χ1n) is 13.6. The second-order valence-corrected chi connectivity index (χ2v) is 11.8. The number of hydrogen-bond donors (Lipinski definition) is 3. The van der Waals surface area contributed by atoms with Crippen LogP contribution in [0.25, 0.3) is 6.08 Å². The van der Waals surface area contributed by atoms with Crippen LogP contribution in [0.5, 0.6) is 0 Å². The number of amides is 3. The van der Waals surface area contributed by atoms with Gasteiger partial charge in [0.15, 0.2) is 0 Å². The molecule has 0 saturated carbocycles. The Balaban J connectivity index is 1.35. The molecule has 0 radical (unpaired) electrons. The molecular weight excluding hydrogens is 575 g/mol. The van der Waals surface area contributed by atoms with Crippen molar-refractivity contribution >= 4 is 58.3 Å². The maximum absolute atomic E-state index is 13.5. The average molecular weight is 604 g/mol. The molecule has 8 heteroatoms. The van der Waals surface area contributed by atoms with Gasteiger partial charge >= 0.3 is 0 Å². The lowest BCUT2D eigenvalue weighted by Gasteiger charge is -2.18. The van der Waals surface area contributed by atoms with E-state index in [0.717, 1.165) is 26.6 Å². The number of thiophene rings is 1. The van der Waals surface area contributed by atoms with Crippen molar-refractivity contribution in [1.82, 2.24) is 5.32 Å². The maximum Gasteiger partial charge on any atom is 0.272 e. The van der Waals surface area contributed by atoms with Gasteiger partial charge in [0, 0.05) is 26.7 Å². The third-order valence-electron chi connectivity index (χ3n) is 6.33. The molecule has 3 N–H and O–H groups in total. The average Bonchev–Trinajstić information content (AvgIpc) is 3.54. The molecule has 0 fully saturated rings. The standard InChI is InChI=1S/C35H29N3O3S2/c1-24-11-8-16-27(21-24)37-35(41)32(25-12-4-2-5-13-25)43-30-18-9-17-28(22-30)36-34(40)31(23-29-19-10-20-42-29)38-33(39)26-14-6-3-7-15-26/h2-23,32H,1H3,(H,36,40)(H,37,41)(H,38,39)/b31-23-. The van der Waals surface area contributed by atoms with E-state index in [4.69, 9.17) is 0 Å². The van der Waals surface area contributed by atoms with Crippen LogP contribution in [0, 0.1) is 6.92 Å². The van der Waals surface area contributed by atoms with Crippen molar-refractivity contribution in [2.75, 3.05) is 10.6 Å². The summed E-state index contributed by atoms with van der Waals surface area (Å²) in [6.07, 6.45) is 1.65. The molecule has 1 unspecified atom stereocenters. The van der Waals surface area contributed by atoms with E-state index in [9.17, 15) is 14.4 Å². The van der Waals surface area contributed by atoms with Crippen molar-refractivity contribution in [2.24, 2.45) is 0 Å². The highest BCUT2D eigenvalue weighted by atomic mass is 32.2. The zero-order valence-electron chi connectivity index (χ0n) is 23.3. The number of benzene rings is 4. The lowest BCUT2D eigenvalue weighted by Crippen LogP contribution is -2.30. The first-order valence-corrected chi connectivity index (χ1v) is 15.3. The molecule has 3 amide bonds. The summed E-state index contributed by atoms with van der Waals surface area (Å²) in [5.74, 6) is -0.995. The molecule has 214 valence electrons. The molecule has 0 spiro atoms. The zero-order valence-corrected chi connectivity index (χ0v) is 25.0. The van der Waals surface area contributed by atoms with Crippen molar-refractivity contribution in [1.29, 1.82) is 0 Å². The van der Waals surface area contributed by atoms with Crippen LogP contribution in [-0.4, -0.2) is 17.7 Å². The van der Waals surface area contributed by atoms with Gasteiger partial charge in [0.1, 0.15) is 10.9 Å². The second kappa shape index (κ2) is 14.3. The predicted molar refractivity (Wildman–Crippen MR) is 176 cm³/mol. The third kappa shape index (κ3) is 8.31. The SMILES string of the molecule is Cc1cccc(NC(=O)C(Sc2cccc(NC(=O)/C(=C/c3cccs3)NC(=O)c3ccccc3)c2)c2ccccc2)c1. The normalized spacial score (nSPS) is 11.8. The number of thioether (sulfide) groups is 1.